The molecule has 51 heavy (non-hydrogen) atoms. The molecule has 0 saturated heterocycles. The summed E-state index contributed by atoms with van der Waals surface area (Å²) in [4.78, 5) is 61.2. The Balaban J connectivity index is 1.23. The first-order chi connectivity index (χ1) is 24.0. The van der Waals surface area contributed by atoms with Crippen molar-refractivity contribution in [2.24, 2.45) is 17.8 Å². The molecule has 17 heteroatoms. The highest BCUT2D eigenvalue weighted by Crippen LogP contribution is 2.47. The lowest BCUT2D eigenvalue weighted by Crippen LogP contribution is -2.54. The van der Waals surface area contributed by atoms with Gasteiger partial charge in [0.05, 0.1) is 34.0 Å². The Morgan fingerprint density at radius 3 is 2.51 bits per heavy atom. The minimum absolute atomic E-state index is 0.0480. The highest BCUT2D eigenvalue weighted by Gasteiger charge is 2.62. The first-order valence-electron chi connectivity index (χ1n) is 16.9. The predicted molar refractivity (Wildman–Crippen MR) is 182 cm³/mol. The number of carbonyl (C=O) groups excluding carboxylic acids is 4. The van der Waals surface area contributed by atoms with Gasteiger partial charge < -0.3 is 15.0 Å². The molecule has 3 saturated carbocycles. The molecule has 4 aliphatic rings. The molecule has 12 nitrogen and oxygen atoms in total. The summed E-state index contributed by atoms with van der Waals surface area (Å²) >= 11 is 1.26. The van der Waals surface area contributed by atoms with Crippen molar-refractivity contribution in [3.8, 4) is 10.6 Å². The van der Waals surface area contributed by atoms with Gasteiger partial charge in [0.1, 0.15) is 16.7 Å². The Morgan fingerprint density at radius 2 is 1.84 bits per heavy atom. The molecular formula is C34H40F3N5O7S2. The van der Waals surface area contributed by atoms with E-state index in [0.717, 1.165) is 23.4 Å². The number of thiazole rings is 1. The molecule has 2 heterocycles. The van der Waals surface area contributed by atoms with Gasteiger partial charge >= 0.3 is 12.3 Å². The maximum Gasteiger partial charge on any atom is 0.416 e. The third-order valence-electron chi connectivity index (χ3n) is 10.1. The Labute approximate surface area is 297 Å². The number of rotatable bonds is 6. The van der Waals surface area contributed by atoms with Crippen molar-refractivity contribution in [2.75, 3.05) is 18.9 Å². The number of ether oxygens (including phenoxy) is 1. The molecule has 0 spiro atoms. The zero-order valence-electron chi connectivity index (χ0n) is 28.3. The van der Waals surface area contributed by atoms with Gasteiger partial charge in [-0.2, -0.15) is 13.2 Å². The molecule has 1 aromatic heterocycles. The summed E-state index contributed by atoms with van der Waals surface area (Å²) in [6, 6.07) is 2.94. The van der Waals surface area contributed by atoms with Crippen LogP contribution >= 0.6 is 11.3 Å². The van der Waals surface area contributed by atoms with Crippen LogP contribution in [-0.4, -0.2) is 72.6 Å². The molecule has 5 atom stereocenters. The topological polar surface area (TPSA) is 164 Å². The summed E-state index contributed by atoms with van der Waals surface area (Å²) in [6.07, 6.45) is -0.0575. The summed E-state index contributed by atoms with van der Waals surface area (Å²) in [6.45, 7) is 4.01. The van der Waals surface area contributed by atoms with Gasteiger partial charge in [-0.25, -0.2) is 18.2 Å². The molecule has 3 fully saturated rings. The minimum atomic E-state index is -4.69. The summed E-state index contributed by atoms with van der Waals surface area (Å²) in [5.41, 5.74) is -1.73. The number of sulfonamides is 1. The van der Waals surface area contributed by atoms with Crippen LogP contribution in [0.1, 0.15) is 67.5 Å². The second-order valence-electron chi connectivity index (χ2n) is 13.9. The number of anilines is 1. The van der Waals surface area contributed by atoms with E-state index in [1.165, 1.54) is 22.3 Å². The monoisotopic (exact) mass is 751 g/mol. The van der Waals surface area contributed by atoms with E-state index in [4.69, 9.17) is 4.74 Å². The average molecular weight is 752 g/mol. The highest BCUT2D eigenvalue weighted by atomic mass is 32.2. The molecule has 0 radical (unpaired) electrons. The Morgan fingerprint density at radius 1 is 1.12 bits per heavy atom. The van der Waals surface area contributed by atoms with E-state index in [-0.39, 0.29) is 36.4 Å². The molecule has 1 aromatic carbocycles. The van der Waals surface area contributed by atoms with Crippen LogP contribution in [0.4, 0.5) is 23.7 Å². The number of carbonyl (C=O) groups is 4. The fourth-order valence-corrected chi connectivity index (χ4v) is 9.10. The molecule has 6 rings (SSSR count). The number of nitrogens with one attached hydrogen (secondary N) is 3. The fraction of sp³-hybridized carbons (Fsp3) is 0.559. The predicted octanol–water partition coefficient (Wildman–Crippen LogP) is 5.07. The van der Waals surface area contributed by atoms with E-state index in [1.807, 2.05) is 19.1 Å². The van der Waals surface area contributed by atoms with Crippen LogP contribution in [-0.2, 0) is 35.3 Å². The van der Waals surface area contributed by atoms with Crippen molar-refractivity contribution in [2.45, 2.75) is 88.3 Å². The molecule has 3 aliphatic carbocycles. The quantitative estimate of drug-likeness (QED) is 0.345. The Kier molecular flexibility index (Phi) is 10.00. The second kappa shape index (κ2) is 13.9. The zero-order valence-corrected chi connectivity index (χ0v) is 30.0. The minimum Gasteiger partial charge on any atom is -0.446 e. The van der Waals surface area contributed by atoms with Crippen molar-refractivity contribution < 1.29 is 45.5 Å². The van der Waals surface area contributed by atoms with Crippen molar-refractivity contribution in [3.05, 3.63) is 46.5 Å². The molecule has 0 bridgehead atoms. The maximum atomic E-state index is 14.0. The average Bonchev–Trinajstić information content (AvgIpc) is 3.96. The number of aryl methyl sites for hydroxylation is 2. The maximum absolute atomic E-state index is 14.0. The van der Waals surface area contributed by atoms with Crippen molar-refractivity contribution in [1.82, 2.24) is 19.9 Å². The molecule has 3 N–H and O–H groups in total. The standard InChI is InChI=1S/C34H40F3N5O7S2/c1-18-19(2)50-29(38-18)24-12-9-20(34(35,36)37)14-27(24)39-32(46)49-22-15-25-26(16-22)30(44)42(3)13-7-5-4-6-8-21-17-33(21,40-28(25)43)31(45)41-51(47,48)23-10-11-23/h6,8-9,12,14,21-23,25-26H,4-5,7,10-11,13,15-17H2,1-3H3,(H,39,46)(H,40,43)(H,41,45)/b8-6+. The van der Waals surface area contributed by atoms with E-state index in [1.54, 1.807) is 14.0 Å². The van der Waals surface area contributed by atoms with Gasteiger partial charge in [-0.15, -0.1) is 11.3 Å². The lowest BCUT2D eigenvalue weighted by atomic mass is 9.93. The number of fused-ring (bicyclic) bond motifs is 2. The third kappa shape index (κ3) is 7.93. The van der Waals surface area contributed by atoms with Crippen LogP contribution in [0.15, 0.2) is 30.4 Å². The van der Waals surface area contributed by atoms with Crippen LogP contribution in [0.3, 0.4) is 0 Å². The van der Waals surface area contributed by atoms with Gasteiger partial charge in [0, 0.05) is 30.0 Å². The van der Waals surface area contributed by atoms with Gasteiger partial charge in [-0.05, 0) is 83.4 Å². The number of amides is 4. The molecule has 2 aromatic rings. The van der Waals surface area contributed by atoms with Crippen molar-refractivity contribution in [1.29, 1.82) is 0 Å². The smallest absolute Gasteiger partial charge is 0.416 e. The number of nitrogens with zero attached hydrogens (tertiary/aromatic N) is 2. The summed E-state index contributed by atoms with van der Waals surface area (Å²) in [5, 5.41) is 4.95. The molecule has 4 amide bonds. The van der Waals surface area contributed by atoms with Gasteiger partial charge in [0.15, 0.2) is 0 Å². The van der Waals surface area contributed by atoms with Gasteiger partial charge in [0.2, 0.25) is 21.8 Å². The van der Waals surface area contributed by atoms with Gasteiger partial charge in [-0.3, -0.25) is 24.4 Å². The number of aromatic nitrogens is 1. The van der Waals surface area contributed by atoms with Crippen LogP contribution in [0.2, 0.25) is 0 Å². The second-order valence-corrected chi connectivity index (χ2v) is 17.0. The molecule has 276 valence electrons. The summed E-state index contributed by atoms with van der Waals surface area (Å²) < 4.78 is 74.1. The van der Waals surface area contributed by atoms with E-state index in [2.05, 4.69) is 20.3 Å². The van der Waals surface area contributed by atoms with Gasteiger partial charge in [0.25, 0.3) is 5.91 Å². The van der Waals surface area contributed by atoms with E-state index in [9.17, 15) is 40.8 Å². The molecule has 5 unspecified atom stereocenters. The van der Waals surface area contributed by atoms with E-state index in [0.29, 0.717) is 42.9 Å². The number of hydrogen-bond acceptors (Lipinski definition) is 9. The van der Waals surface area contributed by atoms with Crippen LogP contribution in [0.5, 0.6) is 0 Å². The van der Waals surface area contributed by atoms with Crippen molar-refractivity contribution in [3.63, 3.8) is 0 Å². The summed E-state index contributed by atoms with van der Waals surface area (Å²) in [5.74, 6) is -4.29. The normalized spacial score (nSPS) is 27.8. The van der Waals surface area contributed by atoms with E-state index >= 15 is 0 Å². The summed E-state index contributed by atoms with van der Waals surface area (Å²) in [7, 11) is -2.29. The van der Waals surface area contributed by atoms with Gasteiger partial charge in [-0.1, -0.05) is 12.2 Å². The number of alkyl halides is 3. The number of allylic oxidation sites excluding steroid dienone is 1. The highest BCUT2D eigenvalue weighted by molar-refractivity contribution is 7.91. The number of halogens is 3. The van der Waals surface area contributed by atoms with Crippen LogP contribution in [0.25, 0.3) is 10.6 Å². The van der Waals surface area contributed by atoms with Crippen LogP contribution < -0.4 is 15.4 Å². The molecular weight excluding hydrogens is 712 g/mol. The first-order valence-corrected chi connectivity index (χ1v) is 19.3. The fourth-order valence-electron chi connectivity index (χ4n) is 6.78. The van der Waals surface area contributed by atoms with Crippen molar-refractivity contribution >= 4 is 50.9 Å². The largest absolute Gasteiger partial charge is 0.446 e. The SMILES string of the molecule is Cc1nc(-c2ccc(C(F)(F)F)cc2NC(=O)OC2CC3C(=O)NC4(C(=O)NS(=O)(=O)C5CC5)CC4/C=C/CCCCN(C)C(=O)C3C2)sc1C. The Bertz CT molecular complexity index is 1860. The lowest BCUT2D eigenvalue weighted by molar-refractivity contribution is -0.140. The van der Waals surface area contributed by atoms with E-state index < -0.39 is 74.3 Å². The zero-order chi connectivity index (χ0) is 36.9. The Hall–Kier alpha value is -3.99. The number of hydrogen-bond donors (Lipinski definition) is 3. The lowest BCUT2D eigenvalue weighted by Gasteiger charge is -2.26. The number of benzene rings is 1. The molecule has 1 aliphatic heterocycles. The third-order valence-corrected chi connectivity index (χ3v) is 13.0. The first kappa shape index (κ1) is 36.8. The van der Waals surface area contributed by atoms with Crippen LogP contribution in [0, 0.1) is 31.6 Å².